The summed E-state index contributed by atoms with van der Waals surface area (Å²) >= 11 is 5.94. The monoisotopic (exact) mass is 460 g/mol. The van der Waals surface area contributed by atoms with Gasteiger partial charge in [0.2, 0.25) is 0 Å². The number of carboxylic acids is 1. The summed E-state index contributed by atoms with van der Waals surface area (Å²) in [6.07, 6.45) is 2.34. The standard InChI is InChI=1S/C26H21ClN2O4/c27-16-6-4-15(5-7-16)25(30)21-13-24-20(12-22(21)26(31)32)19-11-18(8-9-23(19)29-24)33-14-17-3-1-2-10-28-17/h1-11,21-22,29H,12-14H2,(H,31,32). The summed E-state index contributed by atoms with van der Waals surface area (Å²) in [6, 6.07) is 18.0. The van der Waals surface area contributed by atoms with Crippen LogP contribution in [0.3, 0.4) is 0 Å². The molecule has 33 heavy (non-hydrogen) atoms. The predicted octanol–water partition coefficient (Wildman–Crippen LogP) is 5.09. The topological polar surface area (TPSA) is 92.3 Å². The van der Waals surface area contributed by atoms with Gasteiger partial charge in [-0.3, -0.25) is 14.6 Å². The number of Topliss-reactive ketones (excluding diaryl/α,β-unsaturated/α-hetero) is 1. The zero-order valence-electron chi connectivity index (χ0n) is 17.6. The molecule has 0 radical (unpaired) electrons. The Bertz CT molecular complexity index is 1330. The number of hydrogen-bond donors (Lipinski definition) is 2. The fraction of sp³-hybridized carbons (Fsp3) is 0.192. The number of hydrogen-bond acceptors (Lipinski definition) is 4. The van der Waals surface area contributed by atoms with Crippen LogP contribution in [0.25, 0.3) is 10.9 Å². The molecule has 0 saturated heterocycles. The van der Waals surface area contributed by atoms with Gasteiger partial charge in [0, 0.05) is 39.3 Å². The van der Waals surface area contributed by atoms with Crippen LogP contribution in [0.1, 0.15) is 27.3 Å². The number of nitrogens with zero attached hydrogens (tertiary/aromatic N) is 1. The zero-order valence-corrected chi connectivity index (χ0v) is 18.4. The van der Waals surface area contributed by atoms with E-state index >= 15 is 0 Å². The summed E-state index contributed by atoms with van der Waals surface area (Å²) in [7, 11) is 0. The third kappa shape index (κ3) is 4.22. The Hall–Kier alpha value is -3.64. The van der Waals surface area contributed by atoms with E-state index in [0.717, 1.165) is 27.9 Å². The number of halogens is 1. The van der Waals surface area contributed by atoms with E-state index in [1.165, 1.54) is 0 Å². The molecule has 2 aromatic carbocycles. The van der Waals surface area contributed by atoms with Gasteiger partial charge in [0.05, 0.1) is 11.6 Å². The van der Waals surface area contributed by atoms with Gasteiger partial charge in [-0.2, -0.15) is 0 Å². The maximum absolute atomic E-state index is 13.2. The highest BCUT2D eigenvalue weighted by atomic mass is 35.5. The lowest BCUT2D eigenvalue weighted by atomic mass is 9.74. The Labute approximate surface area is 195 Å². The lowest BCUT2D eigenvalue weighted by Gasteiger charge is -2.28. The minimum atomic E-state index is -0.968. The van der Waals surface area contributed by atoms with Crippen LogP contribution in [0, 0.1) is 11.8 Å². The van der Waals surface area contributed by atoms with E-state index < -0.39 is 17.8 Å². The zero-order chi connectivity index (χ0) is 22.9. The molecule has 0 saturated carbocycles. The SMILES string of the molecule is O=C(O)C1Cc2c([nH]c3ccc(OCc4ccccn4)cc23)CC1C(=O)c1ccc(Cl)cc1. The number of aromatic amines is 1. The minimum absolute atomic E-state index is 0.178. The second kappa shape index (κ2) is 8.71. The Kier molecular flexibility index (Phi) is 5.60. The van der Waals surface area contributed by atoms with Crippen LogP contribution in [0.2, 0.25) is 5.02 Å². The van der Waals surface area contributed by atoms with Crippen molar-refractivity contribution in [2.75, 3.05) is 0 Å². The van der Waals surface area contributed by atoms with Crippen LogP contribution in [-0.4, -0.2) is 26.8 Å². The highest BCUT2D eigenvalue weighted by Crippen LogP contribution is 2.38. The Morgan fingerprint density at radius 2 is 1.88 bits per heavy atom. The number of fused-ring (bicyclic) bond motifs is 3. The summed E-state index contributed by atoms with van der Waals surface area (Å²) in [6.45, 7) is 0.342. The van der Waals surface area contributed by atoms with Crippen molar-refractivity contribution in [1.82, 2.24) is 9.97 Å². The molecule has 2 atom stereocenters. The quantitative estimate of drug-likeness (QED) is 0.391. The first-order valence-electron chi connectivity index (χ1n) is 10.7. The Balaban J connectivity index is 1.44. The van der Waals surface area contributed by atoms with Crippen molar-refractivity contribution in [3.05, 3.63) is 94.4 Å². The van der Waals surface area contributed by atoms with Gasteiger partial charge >= 0.3 is 5.97 Å². The van der Waals surface area contributed by atoms with Crippen molar-refractivity contribution in [2.24, 2.45) is 11.8 Å². The number of ketones is 1. The minimum Gasteiger partial charge on any atom is -0.487 e. The Morgan fingerprint density at radius 1 is 1.06 bits per heavy atom. The molecule has 0 spiro atoms. The van der Waals surface area contributed by atoms with Crippen molar-refractivity contribution in [3.63, 3.8) is 0 Å². The molecule has 2 unspecified atom stereocenters. The van der Waals surface area contributed by atoms with Crippen molar-refractivity contribution in [1.29, 1.82) is 0 Å². The van der Waals surface area contributed by atoms with Crippen LogP contribution < -0.4 is 4.74 Å². The number of carbonyl (C=O) groups is 2. The molecule has 6 nitrogen and oxygen atoms in total. The number of nitrogens with one attached hydrogen (secondary N) is 1. The van der Waals surface area contributed by atoms with Gasteiger partial charge in [0.25, 0.3) is 0 Å². The second-order valence-electron chi connectivity index (χ2n) is 8.23. The first-order valence-corrected chi connectivity index (χ1v) is 11.1. The van der Waals surface area contributed by atoms with Crippen LogP contribution >= 0.6 is 11.6 Å². The molecule has 0 amide bonds. The third-order valence-electron chi connectivity index (χ3n) is 6.20. The van der Waals surface area contributed by atoms with Crippen LogP contribution in [-0.2, 0) is 24.2 Å². The van der Waals surface area contributed by atoms with E-state index in [2.05, 4.69) is 9.97 Å². The molecular weight excluding hydrogens is 440 g/mol. The van der Waals surface area contributed by atoms with Gasteiger partial charge in [-0.25, -0.2) is 0 Å². The number of carboxylic acid groups (broad SMARTS) is 1. The molecule has 4 aromatic rings. The largest absolute Gasteiger partial charge is 0.487 e. The highest BCUT2D eigenvalue weighted by Gasteiger charge is 2.39. The molecule has 166 valence electrons. The lowest BCUT2D eigenvalue weighted by Crippen LogP contribution is -2.36. The number of rotatable bonds is 6. The average Bonchev–Trinajstić information content (AvgIpc) is 3.19. The van der Waals surface area contributed by atoms with E-state index in [1.54, 1.807) is 30.5 Å². The fourth-order valence-electron chi connectivity index (χ4n) is 4.51. The molecular formula is C26H21ClN2O4. The fourth-order valence-corrected chi connectivity index (χ4v) is 4.63. The predicted molar refractivity (Wildman–Crippen MR) is 125 cm³/mol. The number of ether oxygens (including phenoxy) is 1. The second-order valence-corrected chi connectivity index (χ2v) is 8.67. The molecule has 0 bridgehead atoms. The van der Waals surface area contributed by atoms with Crippen LogP contribution in [0.15, 0.2) is 66.9 Å². The van der Waals surface area contributed by atoms with Crippen LogP contribution in [0.5, 0.6) is 5.75 Å². The van der Waals surface area contributed by atoms with E-state index in [9.17, 15) is 14.7 Å². The third-order valence-corrected chi connectivity index (χ3v) is 6.45. The lowest BCUT2D eigenvalue weighted by molar-refractivity contribution is -0.143. The van der Waals surface area contributed by atoms with E-state index in [0.29, 0.717) is 29.4 Å². The molecule has 7 heteroatoms. The average molecular weight is 461 g/mol. The first kappa shape index (κ1) is 21.2. The summed E-state index contributed by atoms with van der Waals surface area (Å²) in [5.41, 5.74) is 4.02. The molecule has 0 fully saturated rings. The van der Waals surface area contributed by atoms with Crippen molar-refractivity contribution < 1.29 is 19.4 Å². The van der Waals surface area contributed by atoms with Gasteiger partial charge in [-0.1, -0.05) is 17.7 Å². The first-order chi connectivity index (χ1) is 16.0. The van der Waals surface area contributed by atoms with Crippen molar-refractivity contribution >= 4 is 34.3 Å². The summed E-state index contributed by atoms with van der Waals surface area (Å²) < 4.78 is 5.90. The molecule has 1 aliphatic carbocycles. The van der Waals surface area contributed by atoms with Gasteiger partial charge in [0.1, 0.15) is 12.4 Å². The number of benzene rings is 2. The number of aromatic nitrogens is 2. The smallest absolute Gasteiger partial charge is 0.307 e. The van der Waals surface area contributed by atoms with E-state index in [-0.39, 0.29) is 12.2 Å². The highest BCUT2D eigenvalue weighted by molar-refractivity contribution is 6.30. The van der Waals surface area contributed by atoms with Crippen molar-refractivity contribution in [2.45, 2.75) is 19.4 Å². The normalized spacial score (nSPS) is 17.5. The Morgan fingerprint density at radius 3 is 2.61 bits per heavy atom. The van der Waals surface area contributed by atoms with Gasteiger partial charge in [0.15, 0.2) is 5.78 Å². The molecule has 2 aromatic heterocycles. The number of carbonyl (C=O) groups excluding carboxylic acids is 1. The molecule has 1 aliphatic rings. The van der Waals surface area contributed by atoms with Gasteiger partial charge in [-0.15, -0.1) is 0 Å². The molecule has 5 rings (SSSR count). The molecule has 0 aliphatic heterocycles. The van der Waals surface area contributed by atoms with Gasteiger partial charge < -0.3 is 14.8 Å². The molecule has 2 heterocycles. The number of H-pyrrole nitrogens is 1. The number of pyridine rings is 1. The summed E-state index contributed by atoms with van der Waals surface area (Å²) in [4.78, 5) is 33.0. The van der Waals surface area contributed by atoms with E-state index in [1.807, 2.05) is 36.4 Å². The maximum Gasteiger partial charge on any atom is 0.307 e. The van der Waals surface area contributed by atoms with Crippen LogP contribution in [0.4, 0.5) is 0 Å². The molecule has 2 N–H and O–H groups in total. The number of aliphatic carboxylic acids is 1. The van der Waals surface area contributed by atoms with E-state index in [4.69, 9.17) is 16.3 Å². The maximum atomic E-state index is 13.2. The van der Waals surface area contributed by atoms with Gasteiger partial charge in [-0.05, 0) is 73.0 Å². The van der Waals surface area contributed by atoms with Crippen molar-refractivity contribution in [3.8, 4) is 5.75 Å². The summed E-state index contributed by atoms with van der Waals surface area (Å²) in [5, 5.41) is 11.4. The summed E-state index contributed by atoms with van der Waals surface area (Å²) in [5.74, 6) is -1.92.